The summed E-state index contributed by atoms with van der Waals surface area (Å²) in [6.45, 7) is 5.38. The Morgan fingerprint density at radius 2 is 1.80 bits per heavy atom. The number of carbonyl (C=O) groups is 1. The Bertz CT molecular complexity index is 1050. The summed E-state index contributed by atoms with van der Waals surface area (Å²) in [5, 5.41) is 16.1. The van der Waals surface area contributed by atoms with Gasteiger partial charge in [-0.15, -0.1) is 15.3 Å². The summed E-state index contributed by atoms with van der Waals surface area (Å²) in [6, 6.07) is 11.3. The predicted molar refractivity (Wildman–Crippen MR) is 113 cm³/mol. The summed E-state index contributed by atoms with van der Waals surface area (Å²) in [5.41, 5.74) is 1.55. The predicted octanol–water partition coefficient (Wildman–Crippen LogP) is 2.30. The smallest absolute Gasteiger partial charge is 0.321 e. The number of carbonyl (C=O) groups excluding carboxylic acids is 1. The van der Waals surface area contributed by atoms with Crippen LogP contribution in [-0.4, -0.2) is 64.0 Å². The largest absolute Gasteiger partial charge is 0.497 e. The normalized spacial score (nSPS) is 20.6. The van der Waals surface area contributed by atoms with Gasteiger partial charge in [0.2, 0.25) is 0 Å². The molecule has 0 aliphatic carbocycles. The van der Waals surface area contributed by atoms with E-state index in [0.717, 1.165) is 61.3 Å². The average Bonchev–Trinajstić information content (AvgIpc) is 3.46. The summed E-state index contributed by atoms with van der Waals surface area (Å²) in [4.78, 5) is 16.9. The summed E-state index contributed by atoms with van der Waals surface area (Å²) in [5.74, 6) is 3.49. The van der Waals surface area contributed by atoms with E-state index in [1.165, 1.54) is 0 Å². The molecule has 2 unspecified atom stereocenters. The number of benzene rings is 1. The second-order valence-electron chi connectivity index (χ2n) is 7.92. The molecular formula is C21H25N7O2. The van der Waals surface area contributed by atoms with E-state index < -0.39 is 0 Å². The molecule has 2 saturated heterocycles. The van der Waals surface area contributed by atoms with Crippen LogP contribution in [0.5, 0.6) is 5.75 Å². The van der Waals surface area contributed by atoms with E-state index in [0.29, 0.717) is 11.8 Å². The first-order chi connectivity index (χ1) is 14.6. The van der Waals surface area contributed by atoms with Crippen LogP contribution in [0.15, 0.2) is 36.4 Å². The molecule has 3 aromatic rings. The lowest BCUT2D eigenvalue weighted by Gasteiger charge is -2.22. The van der Waals surface area contributed by atoms with Gasteiger partial charge in [0.1, 0.15) is 11.6 Å². The fraction of sp³-hybridized carbons (Fsp3) is 0.429. The first kappa shape index (κ1) is 18.7. The van der Waals surface area contributed by atoms with E-state index >= 15 is 0 Å². The third-order valence-electron chi connectivity index (χ3n) is 6.07. The maximum Gasteiger partial charge on any atom is 0.321 e. The van der Waals surface area contributed by atoms with Crippen LogP contribution in [0.1, 0.15) is 12.7 Å². The van der Waals surface area contributed by atoms with Crippen LogP contribution in [0.4, 0.5) is 16.3 Å². The molecule has 2 atom stereocenters. The van der Waals surface area contributed by atoms with Crippen LogP contribution < -0.4 is 15.0 Å². The Hall–Kier alpha value is -3.36. The van der Waals surface area contributed by atoms with E-state index in [4.69, 9.17) is 9.84 Å². The van der Waals surface area contributed by atoms with Crippen molar-refractivity contribution in [2.75, 3.05) is 43.5 Å². The van der Waals surface area contributed by atoms with Gasteiger partial charge in [0.15, 0.2) is 11.5 Å². The monoisotopic (exact) mass is 407 g/mol. The van der Waals surface area contributed by atoms with Crippen molar-refractivity contribution in [1.29, 1.82) is 0 Å². The Balaban J connectivity index is 1.22. The zero-order chi connectivity index (χ0) is 20.7. The number of nitrogens with zero attached hydrogens (tertiary/aromatic N) is 6. The van der Waals surface area contributed by atoms with E-state index in [-0.39, 0.29) is 6.03 Å². The minimum Gasteiger partial charge on any atom is -0.497 e. The van der Waals surface area contributed by atoms with Crippen LogP contribution >= 0.6 is 0 Å². The number of anilines is 2. The average molecular weight is 407 g/mol. The van der Waals surface area contributed by atoms with Gasteiger partial charge in [-0.3, -0.25) is 0 Å². The van der Waals surface area contributed by atoms with Crippen molar-refractivity contribution >= 4 is 23.2 Å². The van der Waals surface area contributed by atoms with Crippen molar-refractivity contribution in [3.8, 4) is 5.75 Å². The number of hydrogen-bond acceptors (Lipinski definition) is 6. The van der Waals surface area contributed by atoms with Crippen molar-refractivity contribution in [2.45, 2.75) is 13.3 Å². The number of nitrogens with one attached hydrogen (secondary N) is 1. The molecule has 2 aliphatic rings. The van der Waals surface area contributed by atoms with Crippen molar-refractivity contribution < 1.29 is 9.53 Å². The Morgan fingerprint density at radius 3 is 2.47 bits per heavy atom. The molecule has 0 saturated carbocycles. The fourth-order valence-electron chi connectivity index (χ4n) is 4.44. The molecule has 30 heavy (non-hydrogen) atoms. The molecule has 156 valence electrons. The number of methoxy groups -OCH3 is 1. The third kappa shape index (κ3) is 3.30. The van der Waals surface area contributed by atoms with E-state index in [9.17, 15) is 4.79 Å². The topological polar surface area (TPSA) is 87.9 Å². The highest BCUT2D eigenvalue weighted by atomic mass is 16.5. The first-order valence-electron chi connectivity index (χ1n) is 10.3. The molecule has 2 amide bonds. The zero-order valence-electron chi connectivity index (χ0n) is 17.2. The van der Waals surface area contributed by atoms with Gasteiger partial charge in [-0.25, -0.2) is 4.79 Å². The van der Waals surface area contributed by atoms with Gasteiger partial charge < -0.3 is 19.9 Å². The second kappa shape index (κ2) is 7.47. The van der Waals surface area contributed by atoms with Gasteiger partial charge in [-0.1, -0.05) is 6.92 Å². The molecule has 5 rings (SSSR count). The number of amides is 2. The molecule has 1 aromatic carbocycles. The first-order valence-corrected chi connectivity index (χ1v) is 10.3. The Morgan fingerprint density at radius 1 is 1.07 bits per heavy atom. The van der Waals surface area contributed by atoms with Gasteiger partial charge in [-0.2, -0.15) is 4.52 Å². The molecule has 0 bridgehead atoms. The van der Waals surface area contributed by atoms with Gasteiger partial charge in [0.05, 0.1) is 7.11 Å². The van der Waals surface area contributed by atoms with Crippen molar-refractivity contribution in [3.05, 3.63) is 42.2 Å². The molecule has 2 aliphatic heterocycles. The number of urea groups is 1. The fourth-order valence-corrected chi connectivity index (χ4v) is 4.44. The van der Waals surface area contributed by atoms with Crippen LogP contribution in [0.2, 0.25) is 0 Å². The molecule has 9 nitrogen and oxygen atoms in total. The molecule has 2 fully saturated rings. The highest BCUT2D eigenvalue weighted by Crippen LogP contribution is 2.33. The van der Waals surface area contributed by atoms with Gasteiger partial charge >= 0.3 is 6.03 Å². The summed E-state index contributed by atoms with van der Waals surface area (Å²) in [7, 11) is 1.63. The quantitative estimate of drug-likeness (QED) is 0.714. The minimum atomic E-state index is -0.0438. The summed E-state index contributed by atoms with van der Waals surface area (Å²) < 4.78 is 6.99. The maximum absolute atomic E-state index is 12.7. The minimum absolute atomic E-state index is 0.0438. The molecule has 0 radical (unpaired) electrons. The van der Waals surface area contributed by atoms with E-state index in [1.807, 2.05) is 45.8 Å². The van der Waals surface area contributed by atoms with Crippen LogP contribution in [0.3, 0.4) is 0 Å². The maximum atomic E-state index is 12.7. The standard InChI is InChI=1S/C21H25N7O2/c1-3-18-23-24-19-8-9-20(25-28(18)19)26-10-14-12-27(13-15(14)11-26)21(29)22-16-4-6-17(30-2)7-5-16/h4-9,14-15H,3,10-13H2,1-2H3,(H,22,29). The number of fused-ring (bicyclic) bond motifs is 2. The van der Waals surface area contributed by atoms with Crippen molar-refractivity contribution in [3.63, 3.8) is 0 Å². The SMILES string of the molecule is CCc1nnc2ccc(N3CC4CN(C(=O)Nc5ccc(OC)cc5)CC4C3)nn12. The highest BCUT2D eigenvalue weighted by Gasteiger charge is 2.42. The van der Waals surface area contributed by atoms with E-state index in [2.05, 4.69) is 27.3 Å². The number of rotatable bonds is 4. The lowest BCUT2D eigenvalue weighted by molar-refractivity contribution is 0.219. The van der Waals surface area contributed by atoms with Gasteiger partial charge in [-0.05, 0) is 36.4 Å². The lowest BCUT2D eigenvalue weighted by Crippen LogP contribution is -2.36. The lowest BCUT2D eigenvalue weighted by atomic mass is 10.0. The van der Waals surface area contributed by atoms with Crippen molar-refractivity contribution in [1.82, 2.24) is 24.7 Å². The van der Waals surface area contributed by atoms with Crippen LogP contribution in [0.25, 0.3) is 5.65 Å². The zero-order valence-corrected chi connectivity index (χ0v) is 17.2. The molecule has 0 spiro atoms. The summed E-state index contributed by atoms with van der Waals surface area (Å²) >= 11 is 0. The van der Waals surface area contributed by atoms with Gasteiger partial charge in [0, 0.05) is 50.1 Å². The third-order valence-corrected chi connectivity index (χ3v) is 6.07. The highest BCUT2D eigenvalue weighted by molar-refractivity contribution is 5.89. The molecule has 1 N–H and O–H groups in total. The molecular weight excluding hydrogens is 382 g/mol. The van der Waals surface area contributed by atoms with Crippen LogP contribution in [0, 0.1) is 11.8 Å². The Kier molecular flexibility index (Phi) is 4.65. The van der Waals surface area contributed by atoms with Gasteiger partial charge in [0.25, 0.3) is 0 Å². The molecule has 9 heteroatoms. The second-order valence-corrected chi connectivity index (χ2v) is 7.92. The summed E-state index contributed by atoms with van der Waals surface area (Å²) in [6.07, 6.45) is 0.793. The van der Waals surface area contributed by atoms with Crippen molar-refractivity contribution in [2.24, 2.45) is 11.8 Å². The van der Waals surface area contributed by atoms with Crippen LogP contribution in [-0.2, 0) is 6.42 Å². The number of hydrogen-bond donors (Lipinski definition) is 1. The number of likely N-dealkylation sites (tertiary alicyclic amines) is 1. The molecule has 4 heterocycles. The Labute approximate surface area is 174 Å². The van der Waals surface area contributed by atoms with E-state index in [1.54, 1.807) is 7.11 Å². The number of aromatic nitrogens is 4. The number of aryl methyl sites for hydroxylation is 1. The number of ether oxygens (including phenoxy) is 1. The molecule has 2 aromatic heterocycles.